The smallest absolute Gasteiger partial charge is 0.271 e. The molecule has 0 atom stereocenters. The first kappa shape index (κ1) is 27.3. The Morgan fingerprint density at radius 2 is 1.54 bits per heavy atom. The largest absolute Gasteiger partial charge is 0.325 e. The number of aryl methyl sites for hydroxylation is 1. The second-order valence-electron chi connectivity index (χ2n) is 8.94. The Morgan fingerprint density at radius 1 is 0.854 bits per heavy atom. The second-order valence-corrected chi connectivity index (χ2v) is 9.88. The van der Waals surface area contributed by atoms with Gasteiger partial charge in [0, 0.05) is 28.9 Å². The van der Waals surface area contributed by atoms with Crippen molar-refractivity contribution in [3.8, 4) is 17.1 Å². The normalized spacial score (nSPS) is 10.7. The Balaban J connectivity index is 1.43. The summed E-state index contributed by atoms with van der Waals surface area (Å²) in [5.41, 5.74) is 3.47. The molecule has 2 N–H and O–H groups in total. The van der Waals surface area contributed by atoms with E-state index in [2.05, 4.69) is 20.8 Å². The minimum Gasteiger partial charge on any atom is -0.325 e. The summed E-state index contributed by atoms with van der Waals surface area (Å²) in [5, 5.41) is 26.2. The molecule has 2 amide bonds. The van der Waals surface area contributed by atoms with Crippen LogP contribution >= 0.6 is 11.8 Å². The van der Waals surface area contributed by atoms with Crippen LogP contribution in [0.2, 0.25) is 0 Å². The number of nitro benzene ring substituents is 1. The molecule has 0 aliphatic heterocycles. The molecule has 0 aliphatic carbocycles. The summed E-state index contributed by atoms with van der Waals surface area (Å²) >= 11 is 1.17. The monoisotopic (exact) mass is 564 g/mol. The number of nitro groups is 1. The Labute approximate surface area is 239 Å². The van der Waals surface area contributed by atoms with E-state index in [-0.39, 0.29) is 23.3 Å². The van der Waals surface area contributed by atoms with Crippen molar-refractivity contribution in [1.29, 1.82) is 0 Å². The molecule has 41 heavy (non-hydrogen) atoms. The number of rotatable bonds is 9. The maximum Gasteiger partial charge on any atom is 0.271 e. The van der Waals surface area contributed by atoms with E-state index in [1.54, 1.807) is 43.3 Å². The molecule has 1 heterocycles. The number of hydrogen-bond donors (Lipinski definition) is 2. The van der Waals surface area contributed by atoms with Gasteiger partial charge in [-0.15, -0.1) is 10.2 Å². The first-order valence-electron chi connectivity index (χ1n) is 12.5. The number of carbonyl (C=O) groups excluding carboxylic acids is 2. The van der Waals surface area contributed by atoms with Crippen molar-refractivity contribution < 1.29 is 14.5 Å². The van der Waals surface area contributed by atoms with Gasteiger partial charge >= 0.3 is 0 Å². The SMILES string of the molecule is Cc1ccc([N+](=O)[O-])cc1NC(=O)CSc1nnc(-c2ccccc2NC(=O)c2ccccc2)n1-c1ccccc1. The number of hydrogen-bond acceptors (Lipinski definition) is 7. The Kier molecular flexibility index (Phi) is 8.16. The summed E-state index contributed by atoms with van der Waals surface area (Å²) in [5.74, 6) is -0.137. The van der Waals surface area contributed by atoms with Crippen molar-refractivity contribution in [1.82, 2.24) is 14.8 Å². The van der Waals surface area contributed by atoms with Gasteiger partial charge in [0.25, 0.3) is 11.6 Å². The van der Waals surface area contributed by atoms with Crippen LogP contribution < -0.4 is 10.6 Å². The number of aromatic nitrogens is 3. The second kappa shape index (κ2) is 12.3. The summed E-state index contributed by atoms with van der Waals surface area (Å²) in [7, 11) is 0. The predicted molar refractivity (Wildman–Crippen MR) is 158 cm³/mol. The highest BCUT2D eigenvalue weighted by molar-refractivity contribution is 7.99. The number of benzene rings is 4. The van der Waals surface area contributed by atoms with Gasteiger partial charge in [-0.2, -0.15) is 0 Å². The quantitative estimate of drug-likeness (QED) is 0.125. The molecule has 0 aliphatic rings. The Morgan fingerprint density at radius 3 is 2.27 bits per heavy atom. The average molecular weight is 565 g/mol. The zero-order valence-corrected chi connectivity index (χ0v) is 22.7. The first-order chi connectivity index (χ1) is 19.9. The van der Waals surface area contributed by atoms with Crippen LogP contribution in [0.3, 0.4) is 0 Å². The van der Waals surface area contributed by atoms with Gasteiger partial charge in [-0.25, -0.2) is 0 Å². The third kappa shape index (κ3) is 6.31. The molecule has 0 spiro atoms. The van der Waals surface area contributed by atoms with Gasteiger partial charge in [-0.1, -0.05) is 66.4 Å². The standard InChI is InChI=1S/C30H24N6O4S/c1-20-16-17-23(36(39)40)18-26(20)31-27(37)19-41-30-34-33-28(35(30)22-12-6-3-7-13-22)24-14-8-9-15-25(24)32-29(38)21-10-4-2-5-11-21/h2-18H,19H2,1H3,(H,31,37)(H,32,38). The lowest BCUT2D eigenvalue weighted by molar-refractivity contribution is -0.384. The zero-order valence-electron chi connectivity index (χ0n) is 21.9. The molecule has 0 saturated heterocycles. The van der Waals surface area contributed by atoms with Crippen LogP contribution in [-0.4, -0.2) is 37.3 Å². The summed E-state index contributed by atoms with van der Waals surface area (Å²) in [6, 6.07) is 30.0. The zero-order chi connectivity index (χ0) is 28.8. The number of thioether (sulfide) groups is 1. The number of para-hydroxylation sites is 2. The highest BCUT2D eigenvalue weighted by Crippen LogP contribution is 2.32. The lowest BCUT2D eigenvalue weighted by Crippen LogP contribution is -2.15. The predicted octanol–water partition coefficient (Wildman–Crippen LogP) is 6.13. The van der Waals surface area contributed by atoms with E-state index in [1.165, 1.54) is 23.9 Å². The third-order valence-electron chi connectivity index (χ3n) is 6.14. The van der Waals surface area contributed by atoms with Gasteiger partial charge in [-0.05, 0) is 48.9 Å². The maximum atomic E-state index is 12.9. The first-order valence-corrected chi connectivity index (χ1v) is 13.5. The molecule has 5 rings (SSSR count). The van der Waals surface area contributed by atoms with Crippen LogP contribution in [0, 0.1) is 17.0 Å². The van der Waals surface area contributed by atoms with Crippen molar-refractivity contribution in [3.63, 3.8) is 0 Å². The van der Waals surface area contributed by atoms with Gasteiger partial charge in [0.2, 0.25) is 5.91 Å². The van der Waals surface area contributed by atoms with E-state index in [0.29, 0.717) is 39.0 Å². The van der Waals surface area contributed by atoms with Gasteiger partial charge in [0.05, 0.1) is 22.1 Å². The summed E-state index contributed by atoms with van der Waals surface area (Å²) < 4.78 is 1.82. The highest BCUT2D eigenvalue weighted by Gasteiger charge is 2.21. The van der Waals surface area contributed by atoms with Crippen LogP contribution in [0.1, 0.15) is 15.9 Å². The van der Waals surface area contributed by atoms with Gasteiger partial charge in [0.1, 0.15) is 0 Å². The van der Waals surface area contributed by atoms with Gasteiger partial charge in [0.15, 0.2) is 11.0 Å². The molecule has 11 heteroatoms. The van der Waals surface area contributed by atoms with Crippen LogP contribution in [0.4, 0.5) is 17.1 Å². The summed E-state index contributed by atoms with van der Waals surface area (Å²) in [6.45, 7) is 1.76. The topological polar surface area (TPSA) is 132 Å². The fraction of sp³-hybridized carbons (Fsp3) is 0.0667. The molecule has 5 aromatic rings. The van der Waals surface area contributed by atoms with Crippen molar-refractivity contribution in [2.45, 2.75) is 12.1 Å². The van der Waals surface area contributed by atoms with Gasteiger partial charge < -0.3 is 10.6 Å². The number of anilines is 2. The minimum absolute atomic E-state index is 0.0144. The van der Waals surface area contributed by atoms with Crippen LogP contribution in [-0.2, 0) is 4.79 Å². The van der Waals surface area contributed by atoms with E-state index in [9.17, 15) is 19.7 Å². The molecule has 0 unspecified atom stereocenters. The van der Waals surface area contributed by atoms with Crippen molar-refractivity contribution in [2.75, 3.05) is 16.4 Å². The molecular weight excluding hydrogens is 540 g/mol. The maximum absolute atomic E-state index is 12.9. The minimum atomic E-state index is -0.506. The van der Waals surface area contributed by atoms with Crippen molar-refractivity contribution in [3.05, 3.63) is 124 Å². The van der Waals surface area contributed by atoms with Crippen LogP contribution in [0.5, 0.6) is 0 Å². The molecule has 10 nitrogen and oxygen atoms in total. The van der Waals surface area contributed by atoms with E-state index in [0.717, 1.165) is 5.69 Å². The fourth-order valence-corrected chi connectivity index (χ4v) is 4.85. The summed E-state index contributed by atoms with van der Waals surface area (Å²) in [6.07, 6.45) is 0. The number of nitrogens with zero attached hydrogens (tertiary/aromatic N) is 4. The number of amides is 2. The van der Waals surface area contributed by atoms with Crippen molar-refractivity contribution in [2.24, 2.45) is 0 Å². The Bertz CT molecular complexity index is 1720. The molecule has 0 fully saturated rings. The number of non-ortho nitro benzene ring substituents is 1. The highest BCUT2D eigenvalue weighted by atomic mass is 32.2. The summed E-state index contributed by atoms with van der Waals surface area (Å²) in [4.78, 5) is 36.4. The molecule has 0 bridgehead atoms. The molecular formula is C30H24N6O4S. The van der Waals surface area contributed by atoms with Crippen LogP contribution in [0.15, 0.2) is 108 Å². The van der Waals surface area contributed by atoms with Gasteiger partial charge in [-0.3, -0.25) is 24.3 Å². The Hall–Kier alpha value is -5.29. The van der Waals surface area contributed by atoms with E-state index in [4.69, 9.17) is 0 Å². The fourth-order valence-electron chi connectivity index (χ4n) is 4.09. The number of carbonyl (C=O) groups is 2. The molecule has 1 aromatic heterocycles. The lowest BCUT2D eigenvalue weighted by Gasteiger charge is -2.14. The molecule has 0 radical (unpaired) electrons. The number of nitrogens with one attached hydrogen (secondary N) is 2. The lowest BCUT2D eigenvalue weighted by atomic mass is 10.1. The molecule has 0 saturated carbocycles. The van der Waals surface area contributed by atoms with E-state index >= 15 is 0 Å². The third-order valence-corrected chi connectivity index (χ3v) is 7.07. The van der Waals surface area contributed by atoms with E-state index < -0.39 is 4.92 Å². The molecule has 204 valence electrons. The average Bonchev–Trinajstić information content (AvgIpc) is 3.42. The van der Waals surface area contributed by atoms with E-state index in [1.807, 2.05) is 59.2 Å². The van der Waals surface area contributed by atoms with Crippen molar-refractivity contribution >= 4 is 40.6 Å². The van der Waals surface area contributed by atoms with Crippen LogP contribution in [0.25, 0.3) is 17.1 Å². The molecule has 4 aromatic carbocycles.